The molecule has 1 rings (SSSR count). The zero-order valence-corrected chi connectivity index (χ0v) is 13.0. The van der Waals surface area contributed by atoms with Gasteiger partial charge in [-0.1, -0.05) is 18.2 Å². The molecule has 0 unspecified atom stereocenters. The van der Waals surface area contributed by atoms with Crippen LogP contribution in [0, 0.1) is 17.2 Å². The number of carbonyl (C=O) groups excluding carboxylic acids is 2. The van der Waals surface area contributed by atoms with E-state index in [-0.39, 0.29) is 11.5 Å². The number of esters is 1. The first kappa shape index (κ1) is 17.6. The maximum atomic E-state index is 12.3. The van der Waals surface area contributed by atoms with E-state index in [1.165, 1.54) is 30.3 Å². The van der Waals surface area contributed by atoms with E-state index in [1.807, 2.05) is 0 Å². The first-order chi connectivity index (χ1) is 10.3. The van der Waals surface area contributed by atoms with E-state index >= 15 is 0 Å². The van der Waals surface area contributed by atoms with Crippen molar-refractivity contribution in [3.05, 3.63) is 41.3 Å². The summed E-state index contributed by atoms with van der Waals surface area (Å²) >= 11 is 0. The molecule has 0 aliphatic carbocycles. The summed E-state index contributed by atoms with van der Waals surface area (Å²) < 4.78 is 29.4. The van der Waals surface area contributed by atoms with Crippen LogP contribution in [0.25, 0.3) is 0 Å². The fraction of sp³-hybridized carbons (Fsp3) is 0.267. The number of ketones is 1. The zero-order valence-electron chi connectivity index (χ0n) is 12.1. The molecule has 0 amide bonds. The van der Waals surface area contributed by atoms with Crippen LogP contribution in [0.5, 0.6) is 0 Å². The van der Waals surface area contributed by atoms with Crippen molar-refractivity contribution in [3.8, 4) is 6.07 Å². The SMILES string of the molecule is CCOC(=O)[C@@H](/C=C(\C#N)S(=O)(=O)c1ccccc1)C(C)=O. The van der Waals surface area contributed by atoms with Gasteiger partial charge in [-0.05, 0) is 32.1 Å². The van der Waals surface area contributed by atoms with Crippen LogP contribution in [0.1, 0.15) is 13.8 Å². The van der Waals surface area contributed by atoms with Crippen molar-refractivity contribution in [2.75, 3.05) is 6.61 Å². The minimum Gasteiger partial charge on any atom is -0.465 e. The van der Waals surface area contributed by atoms with Crippen molar-refractivity contribution in [1.29, 1.82) is 5.26 Å². The van der Waals surface area contributed by atoms with Crippen molar-refractivity contribution in [2.24, 2.45) is 5.92 Å². The Bertz CT molecular complexity index is 729. The first-order valence-electron chi connectivity index (χ1n) is 6.43. The van der Waals surface area contributed by atoms with Crippen LogP contribution in [-0.2, 0) is 24.2 Å². The summed E-state index contributed by atoms with van der Waals surface area (Å²) in [6.07, 6.45) is 0.836. The van der Waals surface area contributed by atoms with Crippen LogP contribution in [0.3, 0.4) is 0 Å². The third-order valence-electron chi connectivity index (χ3n) is 2.75. The van der Waals surface area contributed by atoms with E-state index in [0.717, 1.165) is 13.0 Å². The Kier molecular flexibility index (Phi) is 6.01. The lowest BCUT2D eigenvalue weighted by molar-refractivity contribution is -0.149. The molecular weight excluding hydrogens is 306 g/mol. The van der Waals surface area contributed by atoms with Gasteiger partial charge in [-0.25, -0.2) is 8.42 Å². The van der Waals surface area contributed by atoms with Crippen molar-refractivity contribution in [3.63, 3.8) is 0 Å². The number of nitrogens with zero attached hydrogens (tertiary/aromatic N) is 1. The summed E-state index contributed by atoms with van der Waals surface area (Å²) in [5.74, 6) is -2.91. The number of carbonyl (C=O) groups is 2. The second-order valence-electron chi connectivity index (χ2n) is 4.30. The number of sulfone groups is 1. The largest absolute Gasteiger partial charge is 0.465 e. The summed E-state index contributed by atoms with van der Waals surface area (Å²) in [4.78, 5) is 22.5. The van der Waals surface area contributed by atoms with Gasteiger partial charge in [0, 0.05) is 0 Å². The molecule has 0 aliphatic rings. The molecule has 0 fully saturated rings. The predicted octanol–water partition coefficient (Wildman–Crippen LogP) is 1.64. The molecule has 6 nitrogen and oxygen atoms in total. The minimum absolute atomic E-state index is 0.0454. The van der Waals surface area contributed by atoms with E-state index in [4.69, 9.17) is 10.00 Å². The fourth-order valence-corrected chi connectivity index (χ4v) is 2.85. The van der Waals surface area contributed by atoms with Crippen molar-refractivity contribution < 1.29 is 22.7 Å². The zero-order chi connectivity index (χ0) is 16.8. The molecular formula is C15H15NO5S. The summed E-state index contributed by atoms with van der Waals surface area (Å²) in [6, 6.07) is 8.84. The van der Waals surface area contributed by atoms with Gasteiger partial charge in [0.15, 0.2) is 0 Å². The summed E-state index contributed by atoms with van der Waals surface area (Å²) in [5, 5.41) is 9.10. The third-order valence-corrected chi connectivity index (χ3v) is 4.45. The molecule has 1 aromatic rings. The molecule has 0 N–H and O–H groups in total. The molecule has 7 heteroatoms. The smallest absolute Gasteiger partial charge is 0.320 e. The number of nitriles is 1. The lowest BCUT2D eigenvalue weighted by atomic mass is 10.1. The second kappa shape index (κ2) is 7.52. The molecule has 22 heavy (non-hydrogen) atoms. The Labute approximate surface area is 128 Å². The highest BCUT2D eigenvalue weighted by Gasteiger charge is 2.28. The van der Waals surface area contributed by atoms with Gasteiger partial charge in [-0.3, -0.25) is 9.59 Å². The van der Waals surface area contributed by atoms with Crippen molar-refractivity contribution in [1.82, 2.24) is 0 Å². The van der Waals surface area contributed by atoms with Crippen LogP contribution in [0.4, 0.5) is 0 Å². The molecule has 0 saturated heterocycles. The summed E-state index contributed by atoms with van der Waals surface area (Å²) in [7, 11) is -4.09. The normalized spacial score (nSPS) is 13.0. The van der Waals surface area contributed by atoms with Crippen LogP contribution in [-0.4, -0.2) is 26.8 Å². The predicted molar refractivity (Wildman–Crippen MR) is 78.1 cm³/mol. The Balaban J connectivity index is 3.32. The topological polar surface area (TPSA) is 101 Å². The molecule has 0 heterocycles. The molecule has 0 spiro atoms. The summed E-state index contributed by atoms with van der Waals surface area (Å²) in [5.41, 5.74) is 0. The van der Waals surface area contributed by atoms with Crippen LogP contribution >= 0.6 is 0 Å². The standard InChI is InChI=1S/C15H15NO5S/c1-3-21-15(18)14(11(2)17)9-13(10-16)22(19,20)12-7-5-4-6-8-12/h4-9,14H,3H2,1-2H3/b13-9+/t14-/m0/s1. The third kappa shape index (κ3) is 4.02. The average molecular weight is 321 g/mol. The second-order valence-corrected chi connectivity index (χ2v) is 6.22. The first-order valence-corrected chi connectivity index (χ1v) is 7.92. The van der Waals surface area contributed by atoms with E-state index in [9.17, 15) is 18.0 Å². The molecule has 0 aliphatic heterocycles. The highest BCUT2D eigenvalue weighted by atomic mass is 32.2. The molecule has 1 atom stereocenters. The monoisotopic (exact) mass is 321 g/mol. The molecule has 1 aromatic carbocycles. The Morgan fingerprint density at radius 2 is 1.91 bits per heavy atom. The van der Waals surface area contributed by atoms with Gasteiger partial charge >= 0.3 is 5.97 Å². The van der Waals surface area contributed by atoms with Gasteiger partial charge < -0.3 is 4.74 Å². The maximum Gasteiger partial charge on any atom is 0.320 e. The van der Waals surface area contributed by atoms with Gasteiger partial charge in [0.1, 0.15) is 22.7 Å². The van der Waals surface area contributed by atoms with Crippen molar-refractivity contribution in [2.45, 2.75) is 18.7 Å². The van der Waals surface area contributed by atoms with Crippen LogP contribution < -0.4 is 0 Å². The number of rotatable bonds is 6. The number of Topliss-reactive ketones (excluding diaryl/α,β-unsaturated/α-hetero) is 1. The Morgan fingerprint density at radius 1 is 1.32 bits per heavy atom. The lowest BCUT2D eigenvalue weighted by Crippen LogP contribution is -2.23. The van der Waals surface area contributed by atoms with E-state index in [1.54, 1.807) is 13.0 Å². The Hall–Kier alpha value is -2.46. The maximum absolute atomic E-state index is 12.3. The Morgan fingerprint density at radius 3 is 2.36 bits per heavy atom. The number of benzene rings is 1. The van der Waals surface area contributed by atoms with E-state index in [0.29, 0.717) is 0 Å². The molecule has 0 radical (unpaired) electrons. The molecule has 0 bridgehead atoms. The number of hydrogen-bond donors (Lipinski definition) is 0. The van der Waals surface area contributed by atoms with E-state index < -0.39 is 32.4 Å². The lowest BCUT2D eigenvalue weighted by Gasteiger charge is -2.09. The van der Waals surface area contributed by atoms with Gasteiger partial charge in [0.25, 0.3) is 0 Å². The quantitative estimate of drug-likeness (QED) is 0.448. The highest BCUT2D eigenvalue weighted by molar-refractivity contribution is 7.95. The van der Waals surface area contributed by atoms with Gasteiger partial charge in [-0.15, -0.1) is 0 Å². The van der Waals surface area contributed by atoms with Crippen molar-refractivity contribution >= 4 is 21.6 Å². The molecule has 0 aromatic heterocycles. The van der Waals surface area contributed by atoms with Gasteiger partial charge in [0.2, 0.25) is 9.84 Å². The highest BCUT2D eigenvalue weighted by Crippen LogP contribution is 2.20. The minimum atomic E-state index is -4.09. The molecule has 0 saturated carbocycles. The van der Waals surface area contributed by atoms with Gasteiger partial charge in [-0.2, -0.15) is 5.26 Å². The molecule has 116 valence electrons. The number of hydrogen-bond acceptors (Lipinski definition) is 6. The number of allylic oxidation sites excluding steroid dienone is 1. The van der Waals surface area contributed by atoms with Crippen LogP contribution in [0.15, 0.2) is 46.2 Å². The van der Waals surface area contributed by atoms with Crippen LogP contribution in [0.2, 0.25) is 0 Å². The van der Waals surface area contributed by atoms with E-state index in [2.05, 4.69) is 0 Å². The summed E-state index contributed by atoms with van der Waals surface area (Å²) in [6.45, 7) is 2.73. The average Bonchev–Trinajstić information content (AvgIpc) is 2.48. The fourth-order valence-electron chi connectivity index (χ4n) is 1.65. The van der Waals surface area contributed by atoms with Gasteiger partial charge in [0.05, 0.1) is 11.5 Å². The number of ether oxygens (including phenoxy) is 1.